The first kappa shape index (κ1) is 12.4. The van der Waals surface area contributed by atoms with Gasteiger partial charge in [0.1, 0.15) is 0 Å². The Morgan fingerprint density at radius 2 is 1.81 bits per heavy atom. The summed E-state index contributed by atoms with van der Waals surface area (Å²) in [6.45, 7) is 3.61. The Morgan fingerprint density at radius 1 is 1.12 bits per heavy atom. The second kappa shape index (κ2) is 5.05. The Balaban J connectivity index is 1.87. The molecule has 2 unspecified atom stereocenters. The van der Waals surface area contributed by atoms with Crippen LogP contribution in [0.3, 0.4) is 0 Å². The van der Waals surface area contributed by atoms with Gasteiger partial charge in [-0.3, -0.25) is 0 Å². The van der Waals surface area contributed by atoms with E-state index in [1.54, 1.807) is 0 Å². The molecule has 0 aromatic heterocycles. The second-order valence-corrected chi connectivity index (χ2v) is 6.22. The smallest absolute Gasteiger partial charge is 0.0327 e. The third-order valence-corrected chi connectivity index (χ3v) is 5.04. The lowest BCUT2D eigenvalue weighted by molar-refractivity contribution is 0.146. The zero-order valence-electron chi connectivity index (χ0n) is 11.3. The highest BCUT2D eigenvalue weighted by Gasteiger charge is 2.36. The van der Waals surface area contributed by atoms with E-state index in [0.29, 0.717) is 5.54 Å². The predicted molar refractivity (Wildman–Crippen MR) is 69.7 cm³/mol. The van der Waals surface area contributed by atoms with Crippen LogP contribution in [0.25, 0.3) is 0 Å². The summed E-state index contributed by atoms with van der Waals surface area (Å²) in [6.07, 6.45) is 9.84. The average molecular weight is 224 g/mol. The summed E-state index contributed by atoms with van der Waals surface area (Å²) in [6, 6.07) is 0.789. The molecule has 0 aliphatic heterocycles. The zero-order valence-corrected chi connectivity index (χ0v) is 11.3. The molecule has 0 aromatic carbocycles. The fourth-order valence-corrected chi connectivity index (χ4v) is 3.58. The van der Waals surface area contributed by atoms with Crippen LogP contribution in [0, 0.1) is 5.92 Å². The van der Waals surface area contributed by atoms with Gasteiger partial charge in [-0.05, 0) is 45.7 Å². The number of nitrogens with zero attached hydrogens (tertiary/aromatic N) is 1. The molecule has 0 bridgehead atoms. The molecule has 2 aliphatic carbocycles. The summed E-state index contributed by atoms with van der Waals surface area (Å²) in [5.74, 6) is 0.889. The molecule has 2 aliphatic rings. The molecule has 16 heavy (non-hydrogen) atoms. The summed E-state index contributed by atoms with van der Waals surface area (Å²) >= 11 is 0. The van der Waals surface area contributed by atoms with Gasteiger partial charge >= 0.3 is 0 Å². The van der Waals surface area contributed by atoms with Crippen molar-refractivity contribution in [2.24, 2.45) is 5.92 Å². The summed E-state index contributed by atoms with van der Waals surface area (Å²) in [5, 5.41) is 3.85. The predicted octanol–water partition coefficient (Wildman–Crippen LogP) is 2.64. The minimum absolute atomic E-state index is 0.461. The minimum Gasteiger partial charge on any atom is -0.312 e. The van der Waals surface area contributed by atoms with Crippen molar-refractivity contribution in [3.8, 4) is 0 Å². The van der Waals surface area contributed by atoms with Crippen LogP contribution in [0.5, 0.6) is 0 Å². The summed E-state index contributed by atoms with van der Waals surface area (Å²) < 4.78 is 0. The Morgan fingerprint density at radius 3 is 2.31 bits per heavy atom. The maximum Gasteiger partial charge on any atom is 0.0327 e. The third kappa shape index (κ3) is 2.43. The van der Waals surface area contributed by atoms with E-state index in [2.05, 4.69) is 31.2 Å². The molecular formula is C14H28N2. The Labute approximate surface area is 101 Å². The molecule has 2 heteroatoms. The fraction of sp³-hybridized carbons (Fsp3) is 1.00. The maximum atomic E-state index is 3.85. The van der Waals surface area contributed by atoms with Crippen LogP contribution in [0.1, 0.15) is 51.9 Å². The molecular weight excluding hydrogens is 196 g/mol. The Hall–Kier alpha value is -0.0800. The summed E-state index contributed by atoms with van der Waals surface area (Å²) in [7, 11) is 4.51. The molecule has 0 heterocycles. The highest BCUT2D eigenvalue weighted by molar-refractivity contribution is 4.96. The van der Waals surface area contributed by atoms with Crippen LogP contribution in [0.15, 0.2) is 0 Å². The Kier molecular flexibility index (Phi) is 3.91. The van der Waals surface area contributed by atoms with E-state index in [9.17, 15) is 0 Å². The lowest BCUT2D eigenvalue weighted by atomic mass is 9.94. The minimum atomic E-state index is 0.461. The molecule has 0 aromatic rings. The van der Waals surface area contributed by atoms with E-state index in [-0.39, 0.29) is 0 Å². The van der Waals surface area contributed by atoms with Gasteiger partial charge in [0, 0.05) is 18.1 Å². The monoisotopic (exact) mass is 224 g/mol. The SMILES string of the molecule is CC1CCCC1NCC1(N(C)C)CCCC1. The van der Waals surface area contributed by atoms with Gasteiger partial charge in [-0.25, -0.2) is 0 Å². The molecule has 2 nitrogen and oxygen atoms in total. The largest absolute Gasteiger partial charge is 0.312 e. The van der Waals surface area contributed by atoms with Crippen molar-refractivity contribution in [1.29, 1.82) is 0 Å². The van der Waals surface area contributed by atoms with E-state index >= 15 is 0 Å². The Bertz CT molecular complexity index is 219. The van der Waals surface area contributed by atoms with Crippen molar-refractivity contribution >= 4 is 0 Å². The molecule has 1 N–H and O–H groups in total. The van der Waals surface area contributed by atoms with Crippen molar-refractivity contribution in [3.05, 3.63) is 0 Å². The molecule has 2 atom stereocenters. The lowest BCUT2D eigenvalue weighted by Gasteiger charge is -2.38. The van der Waals surface area contributed by atoms with Gasteiger partial charge in [0.2, 0.25) is 0 Å². The molecule has 94 valence electrons. The number of nitrogens with one attached hydrogen (secondary N) is 1. The second-order valence-electron chi connectivity index (χ2n) is 6.22. The first-order chi connectivity index (χ1) is 7.64. The van der Waals surface area contributed by atoms with Gasteiger partial charge in [-0.15, -0.1) is 0 Å². The van der Waals surface area contributed by atoms with Gasteiger partial charge in [0.25, 0.3) is 0 Å². The van der Waals surface area contributed by atoms with Crippen LogP contribution in [0.2, 0.25) is 0 Å². The van der Waals surface area contributed by atoms with Gasteiger partial charge in [0.05, 0.1) is 0 Å². The normalized spacial score (nSPS) is 33.8. The topological polar surface area (TPSA) is 15.3 Å². The average Bonchev–Trinajstić information content (AvgIpc) is 2.84. The molecule has 0 saturated heterocycles. The van der Waals surface area contributed by atoms with E-state index in [4.69, 9.17) is 0 Å². The first-order valence-corrected chi connectivity index (χ1v) is 7.05. The van der Waals surface area contributed by atoms with Gasteiger partial charge < -0.3 is 10.2 Å². The first-order valence-electron chi connectivity index (χ1n) is 7.05. The van der Waals surface area contributed by atoms with E-state index in [0.717, 1.165) is 12.0 Å². The molecule has 2 rings (SSSR count). The van der Waals surface area contributed by atoms with Crippen LogP contribution >= 0.6 is 0 Å². The third-order valence-electron chi connectivity index (χ3n) is 5.04. The maximum absolute atomic E-state index is 3.85. The highest BCUT2D eigenvalue weighted by Crippen LogP contribution is 2.34. The number of hydrogen-bond donors (Lipinski definition) is 1. The van der Waals surface area contributed by atoms with Crippen molar-refractivity contribution in [3.63, 3.8) is 0 Å². The van der Waals surface area contributed by atoms with Crippen LogP contribution in [-0.4, -0.2) is 37.1 Å². The number of likely N-dealkylation sites (N-methyl/N-ethyl adjacent to an activating group) is 1. The summed E-state index contributed by atoms with van der Waals surface area (Å²) in [5.41, 5.74) is 0.461. The molecule has 2 saturated carbocycles. The molecule has 0 spiro atoms. The number of rotatable bonds is 4. The fourth-order valence-electron chi connectivity index (χ4n) is 3.58. The van der Waals surface area contributed by atoms with Crippen molar-refractivity contribution in [2.75, 3.05) is 20.6 Å². The molecule has 0 amide bonds. The lowest BCUT2D eigenvalue weighted by Crippen LogP contribution is -2.52. The number of hydrogen-bond acceptors (Lipinski definition) is 2. The zero-order chi connectivity index (χ0) is 11.6. The highest BCUT2D eigenvalue weighted by atomic mass is 15.2. The summed E-state index contributed by atoms with van der Waals surface area (Å²) in [4.78, 5) is 2.46. The van der Waals surface area contributed by atoms with Crippen LogP contribution in [0.4, 0.5) is 0 Å². The van der Waals surface area contributed by atoms with Gasteiger partial charge in [-0.1, -0.05) is 26.2 Å². The molecule has 0 radical (unpaired) electrons. The van der Waals surface area contributed by atoms with Crippen molar-refractivity contribution in [1.82, 2.24) is 10.2 Å². The van der Waals surface area contributed by atoms with E-state index in [1.165, 1.54) is 51.5 Å². The standard InChI is InChI=1S/C14H28N2/c1-12-7-6-8-13(12)15-11-14(16(2)3)9-4-5-10-14/h12-13,15H,4-11H2,1-3H3. The molecule has 2 fully saturated rings. The van der Waals surface area contributed by atoms with Crippen molar-refractivity contribution in [2.45, 2.75) is 63.5 Å². The van der Waals surface area contributed by atoms with Gasteiger partial charge in [-0.2, -0.15) is 0 Å². The van der Waals surface area contributed by atoms with E-state index in [1.807, 2.05) is 0 Å². The van der Waals surface area contributed by atoms with E-state index < -0.39 is 0 Å². The van der Waals surface area contributed by atoms with Crippen LogP contribution in [-0.2, 0) is 0 Å². The quantitative estimate of drug-likeness (QED) is 0.790. The van der Waals surface area contributed by atoms with Crippen molar-refractivity contribution < 1.29 is 0 Å². The van der Waals surface area contributed by atoms with Crippen LogP contribution < -0.4 is 5.32 Å². The van der Waals surface area contributed by atoms with Gasteiger partial charge in [0.15, 0.2) is 0 Å².